The van der Waals surface area contributed by atoms with Gasteiger partial charge >= 0.3 is 0 Å². The lowest BCUT2D eigenvalue weighted by atomic mass is 9.82. The molecule has 6 heteroatoms. The van der Waals surface area contributed by atoms with Gasteiger partial charge in [0.2, 0.25) is 0 Å². The molecule has 1 aliphatic rings. The van der Waals surface area contributed by atoms with Gasteiger partial charge in [-0.25, -0.2) is 4.68 Å². The Morgan fingerprint density at radius 2 is 2.21 bits per heavy atom. The molecule has 0 amide bonds. The summed E-state index contributed by atoms with van der Waals surface area (Å²) in [4.78, 5) is 14.1. The minimum Gasteiger partial charge on any atom is -0.380 e. The molecule has 1 heterocycles. The Balaban J connectivity index is 2.06. The average Bonchev–Trinajstić information content (AvgIpc) is 2.31. The van der Waals surface area contributed by atoms with Crippen LogP contribution in [0.3, 0.4) is 0 Å². The Morgan fingerprint density at radius 3 is 2.79 bits per heavy atom. The molecule has 0 atom stereocenters. The second-order valence-corrected chi connectivity index (χ2v) is 6.00. The summed E-state index contributed by atoms with van der Waals surface area (Å²) >= 11 is 6.13. The van der Waals surface area contributed by atoms with Gasteiger partial charge in [0.1, 0.15) is 5.02 Å². The van der Waals surface area contributed by atoms with E-state index in [-0.39, 0.29) is 10.6 Å². The Morgan fingerprint density at radius 1 is 1.53 bits per heavy atom. The summed E-state index contributed by atoms with van der Waals surface area (Å²) in [6, 6.07) is 0.423. The van der Waals surface area contributed by atoms with Crippen LogP contribution in [0.15, 0.2) is 11.0 Å². The summed E-state index contributed by atoms with van der Waals surface area (Å²) in [6.45, 7) is 3.53. The molecule has 2 rings (SSSR count). The molecule has 1 saturated carbocycles. The Kier molecular flexibility index (Phi) is 4.47. The van der Waals surface area contributed by atoms with Gasteiger partial charge in [0.25, 0.3) is 5.56 Å². The molecule has 1 aromatic heterocycles. The third-order valence-electron chi connectivity index (χ3n) is 3.48. The van der Waals surface area contributed by atoms with Crippen LogP contribution >= 0.6 is 11.6 Å². The van der Waals surface area contributed by atoms with E-state index in [2.05, 4.69) is 17.3 Å². The molecule has 0 aromatic carbocycles. The minimum atomic E-state index is -0.221. The topological polar surface area (TPSA) is 50.2 Å². The monoisotopic (exact) mass is 284 g/mol. The molecule has 0 aliphatic heterocycles. The van der Waals surface area contributed by atoms with Crippen LogP contribution in [0.25, 0.3) is 0 Å². The molecule has 0 spiro atoms. The maximum Gasteiger partial charge on any atom is 0.287 e. The second kappa shape index (κ2) is 5.92. The van der Waals surface area contributed by atoms with Gasteiger partial charge in [0, 0.05) is 12.6 Å². The molecular formula is C13H21ClN4O. The lowest BCUT2D eigenvalue weighted by Gasteiger charge is -2.34. The molecule has 5 nitrogen and oxygen atoms in total. The van der Waals surface area contributed by atoms with Crippen molar-refractivity contribution >= 4 is 17.3 Å². The first-order chi connectivity index (χ1) is 8.97. The zero-order chi connectivity index (χ0) is 14.0. The largest absolute Gasteiger partial charge is 0.380 e. The highest BCUT2D eigenvalue weighted by Gasteiger charge is 2.26. The molecule has 0 radical (unpaired) electrons. The van der Waals surface area contributed by atoms with Crippen molar-refractivity contribution in [1.82, 2.24) is 14.7 Å². The van der Waals surface area contributed by atoms with Gasteiger partial charge in [0.15, 0.2) is 0 Å². The van der Waals surface area contributed by atoms with E-state index in [1.165, 1.54) is 4.68 Å². The summed E-state index contributed by atoms with van der Waals surface area (Å²) in [7, 11) is 3.92. The average molecular weight is 285 g/mol. The second-order valence-electron chi connectivity index (χ2n) is 5.62. The standard InChI is InChI=1S/C13H21ClN4O/c1-9-6-10(7-9)16-11-8-15-18(5-4-17(2)3)13(19)12(11)14/h8-10,16H,4-7H2,1-3H3. The molecule has 0 saturated heterocycles. The highest BCUT2D eigenvalue weighted by molar-refractivity contribution is 6.32. The quantitative estimate of drug-likeness (QED) is 0.894. The molecule has 1 aliphatic carbocycles. The fraction of sp³-hybridized carbons (Fsp3) is 0.692. The van der Waals surface area contributed by atoms with E-state index in [1.54, 1.807) is 6.20 Å². The van der Waals surface area contributed by atoms with Crippen molar-refractivity contribution in [2.75, 3.05) is 26.0 Å². The van der Waals surface area contributed by atoms with Crippen LogP contribution in [0.1, 0.15) is 19.8 Å². The third kappa shape index (κ3) is 3.48. The van der Waals surface area contributed by atoms with Crippen molar-refractivity contribution in [1.29, 1.82) is 0 Å². The van der Waals surface area contributed by atoms with Crippen LogP contribution < -0.4 is 10.9 Å². The van der Waals surface area contributed by atoms with Crippen LogP contribution in [0, 0.1) is 5.92 Å². The highest BCUT2D eigenvalue weighted by atomic mass is 35.5. The van der Waals surface area contributed by atoms with Crippen molar-refractivity contribution < 1.29 is 0 Å². The first-order valence-electron chi connectivity index (χ1n) is 6.64. The van der Waals surface area contributed by atoms with Gasteiger partial charge in [-0.1, -0.05) is 18.5 Å². The van der Waals surface area contributed by atoms with Crippen LogP contribution in [0.2, 0.25) is 5.02 Å². The molecule has 1 aromatic rings. The number of likely N-dealkylation sites (N-methyl/N-ethyl adjacent to an activating group) is 1. The number of halogens is 1. The maximum atomic E-state index is 12.1. The third-order valence-corrected chi connectivity index (χ3v) is 3.84. The molecule has 1 N–H and O–H groups in total. The number of aromatic nitrogens is 2. The van der Waals surface area contributed by atoms with Gasteiger partial charge in [-0.2, -0.15) is 5.10 Å². The predicted octanol–water partition coefficient (Wildman–Crippen LogP) is 1.67. The SMILES string of the molecule is CC1CC(Nc2cnn(CCN(C)C)c(=O)c2Cl)C1. The fourth-order valence-corrected chi connectivity index (χ4v) is 2.46. The van der Waals surface area contributed by atoms with Gasteiger partial charge in [0.05, 0.1) is 18.4 Å². The zero-order valence-corrected chi connectivity index (χ0v) is 12.4. The van der Waals surface area contributed by atoms with Gasteiger partial charge in [-0.3, -0.25) is 4.79 Å². The molecular weight excluding hydrogens is 264 g/mol. The Labute approximate surface area is 118 Å². The normalized spacial score (nSPS) is 22.4. The minimum absolute atomic E-state index is 0.221. The van der Waals surface area contributed by atoms with Crippen molar-refractivity contribution in [3.8, 4) is 0 Å². The first-order valence-corrected chi connectivity index (χ1v) is 7.02. The smallest absolute Gasteiger partial charge is 0.287 e. The lowest BCUT2D eigenvalue weighted by molar-refractivity contribution is 0.309. The first kappa shape index (κ1) is 14.3. The number of rotatable bonds is 5. The summed E-state index contributed by atoms with van der Waals surface area (Å²) in [5, 5.41) is 7.71. The number of hydrogen-bond donors (Lipinski definition) is 1. The van der Waals surface area contributed by atoms with E-state index in [0.29, 0.717) is 18.3 Å². The van der Waals surface area contributed by atoms with E-state index in [4.69, 9.17) is 11.6 Å². The van der Waals surface area contributed by atoms with E-state index < -0.39 is 0 Å². The molecule has 1 fully saturated rings. The fourth-order valence-electron chi connectivity index (χ4n) is 2.26. The van der Waals surface area contributed by atoms with Gasteiger partial charge < -0.3 is 10.2 Å². The van der Waals surface area contributed by atoms with E-state index in [1.807, 2.05) is 19.0 Å². The van der Waals surface area contributed by atoms with E-state index >= 15 is 0 Å². The zero-order valence-electron chi connectivity index (χ0n) is 11.7. The van der Waals surface area contributed by atoms with Crippen LogP contribution in [-0.2, 0) is 6.54 Å². The number of anilines is 1. The predicted molar refractivity (Wildman–Crippen MR) is 77.9 cm³/mol. The van der Waals surface area contributed by atoms with Crippen molar-refractivity contribution in [2.45, 2.75) is 32.4 Å². The van der Waals surface area contributed by atoms with Crippen LogP contribution in [0.5, 0.6) is 0 Å². The summed E-state index contributed by atoms with van der Waals surface area (Å²) < 4.78 is 1.41. The molecule has 0 bridgehead atoms. The van der Waals surface area contributed by atoms with Crippen molar-refractivity contribution in [2.24, 2.45) is 5.92 Å². The van der Waals surface area contributed by atoms with E-state index in [0.717, 1.165) is 25.3 Å². The Hall–Kier alpha value is -1.07. The van der Waals surface area contributed by atoms with E-state index in [9.17, 15) is 4.79 Å². The summed E-state index contributed by atoms with van der Waals surface area (Å²) in [6.07, 6.45) is 3.91. The molecule has 0 unspecified atom stereocenters. The number of nitrogens with one attached hydrogen (secondary N) is 1. The number of nitrogens with zero attached hydrogens (tertiary/aromatic N) is 3. The van der Waals surface area contributed by atoms with Crippen LogP contribution in [-0.4, -0.2) is 41.4 Å². The summed E-state index contributed by atoms with van der Waals surface area (Å²) in [5.41, 5.74) is 0.436. The van der Waals surface area contributed by atoms with Gasteiger partial charge in [-0.05, 0) is 32.9 Å². The van der Waals surface area contributed by atoms with Gasteiger partial charge in [-0.15, -0.1) is 0 Å². The van der Waals surface area contributed by atoms with Crippen molar-refractivity contribution in [3.05, 3.63) is 21.6 Å². The number of hydrogen-bond acceptors (Lipinski definition) is 4. The molecule has 106 valence electrons. The highest BCUT2D eigenvalue weighted by Crippen LogP contribution is 2.30. The maximum absolute atomic E-state index is 12.1. The lowest BCUT2D eigenvalue weighted by Crippen LogP contribution is -2.35. The molecule has 19 heavy (non-hydrogen) atoms. The van der Waals surface area contributed by atoms with Crippen molar-refractivity contribution in [3.63, 3.8) is 0 Å². The Bertz CT molecular complexity index is 494. The summed E-state index contributed by atoms with van der Waals surface area (Å²) in [5.74, 6) is 0.754. The van der Waals surface area contributed by atoms with Crippen LogP contribution in [0.4, 0.5) is 5.69 Å².